The Morgan fingerprint density at radius 1 is 1.05 bits per heavy atom. The van der Waals surface area contributed by atoms with Crippen molar-refractivity contribution in [2.45, 2.75) is 12.3 Å². The van der Waals surface area contributed by atoms with Gasteiger partial charge in [0.05, 0.1) is 5.69 Å². The van der Waals surface area contributed by atoms with Crippen LogP contribution in [0.3, 0.4) is 0 Å². The number of amides is 1. The van der Waals surface area contributed by atoms with Gasteiger partial charge in [-0.15, -0.1) is 0 Å². The van der Waals surface area contributed by atoms with Crippen molar-refractivity contribution < 1.29 is 9.53 Å². The summed E-state index contributed by atoms with van der Waals surface area (Å²) in [4.78, 5) is 16.3. The summed E-state index contributed by atoms with van der Waals surface area (Å²) in [5.74, 6) is 0.675. The van der Waals surface area contributed by atoms with Gasteiger partial charge in [-0.3, -0.25) is 14.6 Å². The van der Waals surface area contributed by atoms with Crippen LogP contribution in [-0.2, 0) is 4.79 Å². The molecule has 2 aromatic carbocycles. The molecular weight excluding hydrogens is 344 g/mol. The van der Waals surface area contributed by atoms with Gasteiger partial charge in [0, 0.05) is 4.47 Å². The van der Waals surface area contributed by atoms with Crippen LogP contribution in [0, 0.1) is 0 Å². The third kappa shape index (κ3) is 2.62. The molecule has 1 heterocycles. The number of hydrogen-bond donors (Lipinski definition) is 0. The van der Waals surface area contributed by atoms with Crippen LogP contribution >= 0.6 is 15.9 Å². The minimum absolute atomic E-state index is 0.0329. The SMILES string of the molecule is CN(C)C1C(Oc2ccccc2)C(=O)N1c1ccccc1Br. The first-order valence-electron chi connectivity index (χ1n) is 7.05. The summed E-state index contributed by atoms with van der Waals surface area (Å²) < 4.78 is 6.78. The van der Waals surface area contributed by atoms with Gasteiger partial charge in [0.25, 0.3) is 5.91 Å². The van der Waals surface area contributed by atoms with Gasteiger partial charge in [-0.05, 0) is 54.3 Å². The number of para-hydroxylation sites is 2. The van der Waals surface area contributed by atoms with Gasteiger partial charge >= 0.3 is 0 Å². The number of likely N-dealkylation sites (N-methyl/N-ethyl adjacent to an activating group) is 1. The van der Waals surface area contributed by atoms with E-state index in [0.717, 1.165) is 10.2 Å². The Morgan fingerprint density at radius 2 is 1.68 bits per heavy atom. The number of β-lactam (4-membered cyclic amide) rings is 1. The van der Waals surface area contributed by atoms with Gasteiger partial charge in [0.15, 0.2) is 0 Å². The monoisotopic (exact) mass is 360 g/mol. The highest BCUT2D eigenvalue weighted by Gasteiger charge is 2.52. The van der Waals surface area contributed by atoms with Crippen LogP contribution in [0.25, 0.3) is 0 Å². The minimum atomic E-state index is -0.496. The van der Waals surface area contributed by atoms with Crippen LogP contribution in [0.15, 0.2) is 59.1 Å². The molecule has 2 unspecified atom stereocenters. The largest absolute Gasteiger partial charge is 0.477 e. The molecule has 2 atom stereocenters. The summed E-state index contributed by atoms with van der Waals surface area (Å²) in [7, 11) is 3.89. The number of hydrogen-bond acceptors (Lipinski definition) is 3. The number of rotatable bonds is 4. The molecular formula is C17H17BrN2O2. The molecule has 0 bridgehead atoms. The van der Waals surface area contributed by atoms with E-state index in [-0.39, 0.29) is 12.1 Å². The zero-order chi connectivity index (χ0) is 15.7. The van der Waals surface area contributed by atoms with E-state index in [9.17, 15) is 4.79 Å². The van der Waals surface area contributed by atoms with Crippen LogP contribution in [0.5, 0.6) is 5.75 Å². The van der Waals surface area contributed by atoms with Crippen molar-refractivity contribution >= 4 is 27.5 Å². The van der Waals surface area contributed by atoms with Gasteiger partial charge in [-0.1, -0.05) is 30.3 Å². The first kappa shape index (κ1) is 15.1. The highest BCUT2D eigenvalue weighted by molar-refractivity contribution is 9.10. The second-order valence-corrected chi connectivity index (χ2v) is 6.24. The number of carbonyl (C=O) groups excluding carboxylic acids is 1. The molecule has 4 nitrogen and oxygen atoms in total. The van der Waals surface area contributed by atoms with E-state index in [1.165, 1.54) is 0 Å². The van der Waals surface area contributed by atoms with Gasteiger partial charge in [0.1, 0.15) is 11.9 Å². The van der Waals surface area contributed by atoms with E-state index in [4.69, 9.17) is 4.74 Å². The molecule has 5 heteroatoms. The topological polar surface area (TPSA) is 32.8 Å². The molecule has 1 aliphatic rings. The molecule has 3 rings (SSSR count). The second kappa shape index (κ2) is 6.10. The Hall–Kier alpha value is -1.85. The van der Waals surface area contributed by atoms with Crippen LogP contribution < -0.4 is 9.64 Å². The number of anilines is 1. The molecule has 2 aromatic rings. The van der Waals surface area contributed by atoms with Crippen molar-refractivity contribution in [3.63, 3.8) is 0 Å². The normalized spacial score (nSPS) is 20.9. The highest BCUT2D eigenvalue weighted by atomic mass is 79.9. The average molecular weight is 361 g/mol. The van der Waals surface area contributed by atoms with Crippen LogP contribution in [-0.4, -0.2) is 37.2 Å². The maximum atomic E-state index is 12.6. The molecule has 0 aromatic heterocycles. The summed E-state index contributed by atoms with van der Waals surface area (Å²) in [5.41, 5.74) is 0.860. The number of halogens is 1. The van der Waals surface area contributed by atoms with Gasteiger partial charge in [-0.2, -0.15) is 0 Å². The molecule has 1 aliphatic heterocycles. The van der Waals surface area contributed by atoms with E-state index in [0.29, 0.717) is 5.75 Å². The fraction of sp³-hybridized carbons (Fsp3) is 0.235. The minimum Gasteiger partial charge on any atom is -0.477 e. The smallest absolute Gasteiger partial charge is 0.273 e. The van der Waals surface area contributed by atoms with Crippen LogP contribution in [0.4, 0.5) is 5.69 Å². The van der Waals surface area contributed by atoms with Crippen molar-refractivity contribution in [3.05, 3.63) is 59.1 Å². The molecule has 1 saturated heterocycles. The number of benzene rings is 2. The van der Waals surface area contributed by atoms with Gasteiger partial charge in [-0.25, -0.2) is 0 Å². The van der Waals surface area contributed by atoms with Gasteiger partial charge < -0.3 is 4.74 Å². The molecule has 0 N–H and O–H groups in total. The quantitative estimate of drug-likeness (QED) is 0.785. The average Bonchev–Trinajstić information content (AvgIpc) is 2.52. The molecule has 0 radical (unpaired) electrons. The molecule has 0 spiro atoms. The third-order valence-electron chi connectivity index (χ3n) is 3.66. The van der Waals surface area contributed by atoms with Crippen molar-refractivity contribution in [1.82, 2.24) is 4.90 Å². The fourth-order valence-electron chi connectivity index (χ4n) is 2.62. The van der Waals surface area contributed by atoms with Crippen molar-refractivity contribution in [1.29, 1.82) is 0 Å². The Bertz CT molecular complexity index is 675. The van der Waals surface area contributed by atoms with E-state index < -0.39 is 6.10 Å². The summed E-state index contributed by atoms with van der Waals surface area (Å²) in [6.45, 7) is 0. The number of carbonyl (C=O) groups is 1. The lowest BCUT2D eigenvalue weighted by Crippen LogP contribution is -2.72. The molecule has 1 fully saturated rings. The molecule has 0 aliphatic carbocycles. The van der Waals surface area contributed by atoms with E-state index >= 15 is 0 Å². The number of ether oxygens (including phenoxy) is 1. The highest BCUT2D eigenvalue weighted by Crippen LogP contribution is 2.36. The first-order chi connectivity index (χ1) is 10.6. The van der Waals surface area contributed by atoms with Crippen LogP contribution in [0.2, 0.25) is 0 Å². The summed E-state index contributed by atoms with van der Waals surface area (Å²) in [6, 6.07) is 17.2. The molecule has 114 valence electrons. The zero-order valence-electron chi connectivity index (χ0n) is 12.4. The molecule has 1 amide bonds. The van der Waals surface area contributed by atoms with E-state index in [1.807, 2.05) is 73.6 Å². The Morgan fingerprint density at radius 3 is 2.32 bits per heavy atom. The maximum Gasteiger partial charge on any atom is 0.273 e. The summed E-state index contributed by atoms with van der Waals surface area (Å²) in [6.07, 6.45) is -0.629. The van der Waals surface area contributed by atoms with E-state index in [1.54, 1.807) is 4.90 Å². The Balaban J connectivity index is 1.86. The Kier molecular flexibility index (Phi) is 4.18. The number of nitrogens with zero attached hydrogens (tertiary/aromatic N) is 2. The lowest BCUT2D eigenvalue weighted by atomic mass is 10.0. The maximum absolute atomic E-state index is 12.6. The molecule has 0 saturated carbocycles. The molecule has 22 heavy (non-hydrogen) atoms. The van der Waals surface area contributed by atoms with Crippen molar-refractivity contribution in [3.8, 4) is 5.75 Å². The second-order valence-electron chi connectivity index (χ2n) is 5.39. The van der Waals surface area contributed by atoms with Crippen molar-refractivity contribution in [2.24, 2.45) is 0 Å². The summed E-state index contributed by atoms with van der Waals surface area (Å²) in [5, 5.41) is 0. The van der Waals surface area contributed by atoms with Gasteiger partial charge in [0.2, 0.25) is 6.10 Å². The standard InChI is InChI=1S/C17H17BrN2O2/c1-19(2)16-15(22-12-8-4-3-5-9-12)17(21)20(16)14-11-7-6-10-13(14)18/h3-11,15-16H,1-2H3. The lowest BCUT2D eigenvalue weighted by molar-refractivity contribution is -0.139. The Labute approximate surface area is 138 Å². The predicted octanol–water partition coefficient (Wildman–Crippen LogP) is 3.13. The fourth-order valence-corrected chi connectivity index (χ4v) is 3.09. The lowest BCUT2D eigenvalue weighted by Gasteiger charge is -2.49. The zero-order valence-corrected chi connectivity index (χ0v) is 14.0. The van der Waals surface area contributed by atoms with Crippen molar-refractivity contribution in [2.75, 3.05) is 19.0 Å². The third-order valence-corrected chi connectivity index (χ3v) is 4.33. The summed E-state index contributed by atoms with van der Waals surface area (Å²) >= 11 is 3.51. The first-order valence-corrected chi connectivity index (χ1v) is 7.84. The van der Waals surface area contributed by atoms with Crippen LogP contribution in [0.1, 0.15) is 0 Å². The van der Waals surface area contributed by atoms with E-state index in [2.05, 4.69) is 15.9 Å². The predicted molar refractivity (Wildman–Crippen MR) is 90.0 cm³/mol.